The van der Waals surface area contributed by atoms with E-state index in [9.17, 15) is 18.0 Å². The van der Waals surface area contributed by atoms with Gasteiger partial charge < -0.3 is 19.7 Å². The molecular weight excluding hydrogens is 682 g/mol. The highest BCUT2D eigenvalue weighted by atomic mass is 79.9. The molecule has 0 heterocycles. The van der Waals surface area contributed by atoms with Gasteiger partial charge in [0.05, 0.1) is 24.8 Å². The minimum absolute atomic E-state index is 0.0793. The molecular formula is C36H40BrN3O6S. The van der Waals surface area contributed by atoms with Crippen molar-refractivity contribution in [2.45, 2.75) is 43.7 Å². The van der Waals surface area contributed by atoms with Crippen molar-refractivity contribution < 1.29 is 27.5 Å². The van der Waals surface area contributed by atoms with Crippen molar-refractivity contribution in [1.82, 2.24) is 10.2 Å². The van der Waals surface area contributed by atoms with Crippen molar-refractivity contribution in [3.8, 4) is 11.5 Å². The second-order valence-corrected chi connectivity index (χ2v) is 13.6. The van der Waals surface area contributed by atoms with E-state index in [0.717, 1.165) is 32.7 Å². The zero-order valence-corrected chi connectivity index (χ0v) is 29.2. The van der Waals surface area contributed by atoms with Crippen molar-refractivity contribution in [2.75, 3.05) is 31.6 Å². The lowest BCUT2D eigenvalue weighted by atomic mass is 10.0. The van der Waals surface area contributed by atoms with Crippen molar-refractivity contribution in [1.29, 1.82) is 0 Å². The predicted octanol–water partition coefficient (Wildman–Crippen LogP) is 6.22. The third-order valence-electron chi connectivity index (χ3n) is 7.63. The number of benzene rings is 4. The van der Waals surface area contributed by atoms with Crippen molar-refractivity contribution in [3.63, 3.8) is 0 Å². The first-order valence-corrected chi connectivity index (χ1v) is 17.6. The van der Waals surface area contributed by atoms with Crippen molar-refractivity contribution >= 4 is 43.5 Å². The molecule has 47 heavy (non-hydrogen) atoms. The topological polar surface area (TPSA) is 105 Å². The van der Waals surface area contributed by atoms with Gasteiger partial charge in [-0.3, -0.25) is 13.9 Å². The third kappa shape index (κ3) is 9.36. The molecule has 0 aliphatic heterocycles. The number of ether oxygens (including phenoxy) is 2. The van der Waals surface area contributed by atoms with Crippen LogP contribution in [0.2, 0.25) is 0 Å². The summed E-state index contributed by atoms with van der Waals surface area (Å²) >= 11 is 3.46. The van der Waals surface area contributed by atoms with Crippen LogP contribution in [0.25, 0.3) is 0 Å². The lowest BCUT2D eigenvalue weighted by Gasteiger charge is -2.34. The SMILES string of the molecule is CCCCNC(=O)[C@@H](Cc1ccccc1)N(Cc1ccc(Br)cc1)C(=O)CN(c1ccccc1)S(=O)(=O)c1ccc(OC)c(OC)c1. The minimum Gasteiger partial charge on any atom is -0.493 e. The molecule has 1 N–H and O–H groups in total. The number of methoxy groups -OCH3 is 2. The van der Waals surface area contributed by atoms with Crippen LogP contribution in [0, 0.1) is 0 Å². The van der Waals surface area contributed by atoms with Gasteiger partial charge in [0.2, 0.25) is 11.8 Å². The number of nitrogens with zero attached hydrogens (tertiary/aromatic N) is 2. The second kappa shape index (κ2) is 17.0. The number of hydrogen-bond acceptors (Lipinski definition) is 6. The molecule has 0 spiro atoms. The van der Waals surface area contributed by atoms with Gasteiger partial charge in [0.1, 0.15) is 12.6 Å². The number of anilines is 1. The summed E-state index contributed by atoms with van der Waals surface area (Å²) < 4.78 is 41.2. The fourth-order valence-electron chi connectivity index (χ4n) is 5.07. The zero-order chi connectivity index (χ0) is 33.8. The van der Waals surface area contributed by atoms with E-state index in [1.165, 1.54) is 37.3 Å². The fourth-order valence-corrected chi connectivity index (χ4v) is 6.77. The van der Waals surface area contributed by atoms with Crippen LogP contribution < -0.4 is 19.1 Å². The molecule has 0 saturated heterocycles. The van der Waals surface area contributed by atoms with E-state index in [4.69, 9.17) is 9.47 Å². The number of para-hydroxylation sites is 1. The summed E-state index contributed by atoms with van der Waals surface area (Å²) in [7, 11) is -1.41. The molecule has 9 nitrogen and oxygen atoms in total. The molecule has 1 atom stereocenters. The Morgan fingerprint density at radius 2 is 1.47 bits per heavy atom. The number of sulfonamides is 1. The minimum atomic E-state index is -4.30. The van der Waals surface area contributed by atoms with Crippen LogP contribution in [0.4, 0.5) is 5.69 Å². The van der Waals surface area contributed by atoms with Crippen LogP contribution >= 0.6 is 15.9 Å². The first-order valence-electron chi connectivity index (χ1n) is 15.3. The molecule has 4 aromatic carbocycles. The average Bonchev–Trinajstić information content (AvgIpc) is 3.09. The molecule has 4 aromatic rings. The number of carbonyl (C=O) groups excluding carboxylic acids is 2. The molecule has 0 bridgehead atoms. The Bertz CT molecular complexity index is 1720. The van der Waals surface area contributed by atoms with Gasteiger partial charge in [-0.05, 0) is 53.9 Å². The van der Waals surface area contributed by atoms with E-state index >= 15 is 0 Å². The Morgan fingerprint density at radius 3 is 2.09 bits per heavy atom. The second-order valence-electron chi connectivity index (χ2n) is 10.9. The zero-order valence-electron chi connectivity index (χ0n) is 26.8. The monoisotopic (exact) mass is 721 g/mol. The first kappa shape index (κ1) is 35.5. The first-order chi connectivity index (χ1) is 22.7. The summed E-state index contributed by atoms with van der Waals surface area (Å²) in [6, 6.07) is 28.8. The fraction of sp³-hybridized carbons (Fsp3) is 0.278. The van der Waals surface area contributed by atoms with E-state index < -0.39 is 28.5 Å². The maximum absolute atomic E-state index is 14.6. The molecule has 0 radical (unpaired) electrons. The van der Waals surface area contributed by atoms with Gasteiger partial charge in [0.15, 0.2) is 11.5 Å². The molecule has 0 aliphatic carbocycles. The number of unbranched alkanes of at least 4 members (excludes halogenated alkanes) is 1. The summed E-state index contributed by atoms with van der Waals surface area (Å²) in [5.41, 5.74) is 1.95. The van der Waals surface area contributed by atoms with Gasteiger partial charge in [-0.2, -0.15) is 0 Å². The molecule has 0 fully saturated rings. The van der Waals surface area contributed by atoms with Gasteiger partial charge in [-0.1, -0.05) is 89.9 Å². The number of nitrogens with one attached hydrogen (secondary N) is 1. The highest BCUT2D eigenvalue weighted by molar-refractivity contribution is 9.10. The van der Waals surface area contributed by atoms with Gasteiger partial charge in [0.25, 0.3) is 10.0 Å². The molecule has 248 valence electrons. The van der Waals surface area contributed by atoms with E-state index in [1.54, 1.807) is 30.3 Å². The van der Waals surface area contributed by atoms with Crippen LogP contribution in [-0.2, 0) is 32.6 Å². The summed E-state index contributed by atoms with van der Waals surface area (Å²) in [4.78, 5) is 29.8. The van der Waals surface area contributed by atoms with Gasteiger partial charge in [-0.15, -0.1) is 0 Å². The van der Waals surface area contributed by atoms with E-state index in [2.05, 4.69) is 21.2 Å². The Kier molecular flexibility index (Phi) is 12.8. The number of hydrogen-bond donors (Lipinski definition) is 1. The highest BCUT2D eigenvalue weighted by Gasteiger charge is 2.35. The third-order valence-corrected chi connectivity index (χ3v) is 9.93. The predicted molar refractivity (Wildman–Crippen MR) is 187 cm³/mol. The number of halogens is 1. The number of amides is 2. The standard InChI is InChI=1S/C36H40BrN3O6S/c1-4-5-22-38-36(42)32(23-27-12-8-6-9-13-27)39(25-28-16-18-29(37)19-17-28)35(41)26-40(30-14-10-7-11-15-30)47(43,44)31-20-21-33(45-2)34(24-31)46-3/h6-21,24,32H,4-5,22-23,25-26H2,1-3H3,(H,38,42)/t32-/m1/s1. The average molecular weight is 723 g/mol. The number of carbonyl (C=O) groups is 2. The smallest absolute Gasteiger partial charge is 0.264 e. The maximum Gasteiger partial charge on any atom is 0.264 e. The molecule has 4 rings (SSSR count). The highest BCUT2D eigenvalue weighted by Crippen LogP contribution is 2.32. The molecule has 0 saturated carbocycles. The summed E-state index contributed by atoms with van der Waals surface area (Å²) in [5.74, 6) is -0.238. The summed E-state index contributed by atoms with van der Waals surface area (Å²) in [6.45, 7) is 2.04. The van der Waals surface area contributed by atoms with Gasteiger partial charge in [-0.25, -0.2) is 8.42 Å². The van der Waals surface area contributed by atoms with Crippen molar-refractivity contribution in [3.05, 3.63) is 119 Å². The Labute approximate surface area is 285 Å². The van der Waals surface area contributed by atoms with Crippen LogP contribution in [0.5, 0.6) is 11.5 Å². The van der Waals surface area contributed by atoms with E-state index in [0.29, 0.717) is 18.0 Å². The van der Waals surface area contributed by atoms with Crippen LogP contribution in [-0.4, -0.2) is 58.5 Å². The number of rotatable bonds is 16. The Balaban J connectivity index is 1.79. The van der Waals surface area contributed by atoms with Crippen LogP contribution in [0.15, 0.2) is 112 Å². The molecule has 0 aromatic heterocycles. The molecule has 0 aliphatic rings. The largest absolute Gasteiger partial charge is 0.493 e. The quantitative estimate of drug-likeness (QED) is 0.138. The molecule has 11 heteroatoms. The van der Waals surface area contributed by atoms with E-state index in [-0.39, 0.29) is 29.5 Å². The maximum atomic E-state index is 14.6. The van der Waals surface area contributed by atoms with Gasteiger partial charge in [0, 0.05) is 30.0 Å². The molecule has 0 unspecified atom stereocenters. The van der Waals surface area contributed by atoms with Crippen LogP contribution in [0.3, 0.4) is 0 Å². The molecule has 2 amide bonds. The normalized spacial score (nSPS) is 11.7. The summed E-state index contributed by atoms with van der Waals surface area (Å²) in [6.07, 6.45) is 1.93. The van der Waals surface area contributed by atoms with E-state index in [1.807, 2.05) is 61.5 Å². The Hall–Kier alpha value is -4.35. The summed E-state index contributed by atoms with van der Waals surface area (Å²) in [5, 5.41) is 3.00. The van der Waals surface area contributed by atoms with Gasteiger partial charge >= 0.3 is 0 Å². The van der Waals surface area contributed by atoms with Crippen molar-refractivity contribution in [2.24, 2.45) is 0 Å². The lowest BCUT2D eigenvalue weighted by molar-refractivity contribution is -0.140. The van der Waals surface area contributed by atoms with Crippen LogP contribution in [0.1, 0.15) is 30.9 Å². The Morgan fingerprint density at radius 1 is 0.830 bits per heavy atom. The lowest BCUT2D eigenvalue weighted by Crippen LogP contribution is -2.53.